The van der Waals surface area contributed by atoms with Crippen LogP contribution in [0.1, 0.15) is 16.2 Å². The van der Waals surface area contributed by atoms with Gasteiger partial charge in [-0.1, -0.05) is 29.8 Å². The Morgan fingerprint density at radius 1 is 1.06 bits per heavy atom. The lowest BCUT2D eigenvalue weighted by molar-refractivity contribution is 0.0463. The van der Waals surface area contributed by atoms with Gasteiger partial charge in [0.15, 0.2) is 0 Å². The fourth-order valence-corrected chi connectivity index (χ4v) is 3.81. The number of nitrogens with zero attached hydrogens (tertiary/aromatic N) is 3. The Labute approximate surface area is 204 Å². The topological polar surface area (TPSA) is 99.1 Å². The van der Waals surface area contributed by atoms with Gasteiger partial charge < -0.3 is 14.5 Å². The van der Waals surface area contributed by atoms with E-state index in [1.807, 2.05) is 42.5 Å². The van der Waals surface area contributed by atoms with Crippen LogP contribution < -0.4 is 10.3 Å². The van der Waals surface area contributed by atoms with E-state index in [9.17, 15) is 9.59 Å². The molecule has 0 bridgehead atoms. The van der Waals surface area contributed by atoms with Crippen LogP contribution in [0.4, 0.5) is 0 Å². The average Bonchev–Trinajstić information content (AvgIpc) is 3.33. The van der Waals surface area contributed by atoms with Gasteiger partial charge in [0.25, 0.3) is 5.56 Å². The summed E-state index contributed by atoms with van der Waals surface area (Å²) in [7, 11) is 1.58. The molecule has 0 aliphatic carbocycles. The molecule has 0 aliphatic rings. The highest BCUT2D eigenvalue weighted by Crippen LogP contribution is 2.26. The van der Waals surface area contributed by atoms with Crippen LogP contribution in [0.5, 0.6) is 5.75 Å². The number of esters is 1. The number of benzene rings is 3. The number of hydrogen-bond acceptors (Lipinski definition) is 6. The maximum absolute atomic E-state index is 13.1. The van der Waals surface area contributed by atoms with Gasteiger partial charge in [-0.05, 0) is 54.6 Å². The highest BCUT2D eigenvalue weighted by atomic mass is 35.5. The highest BCUT2D eigenvalue weighted by Gasteiger charge is 2.21. The molecule has 0 fully saturated rings. The maximum Gasteiger partial charge on any atom is 0.342 e. The Balaban J connectivity index is 1.47. The number of fused-ring (bicyclic) bond motifs is 1. The minimum absolute atomic E-state index is 0.208. The van der Waals surface area contributed by atoms with Crippen molar-refractivity contribution in [1.82, 2.24) is 19.7 Å². The predicted octanol–water partition coefficient (Wildman–Crippen LogP) is 4.79. The van der Waals surface area contributed by atoms with E-state index < -0.39 is 5.97 Å². The van der Waals surface area contributed by atoms with E-state index in [1.165, 1.54) is 0 Å². The van der Waals surface area contributed by atoms with Gasteiger partial charge in [-0.2, -0.15) is 5.10 Å². The van der Waals surface area contributed by atoms with Crippen molar-refractivity contribution in [1.29, 1.82) is 0 Å². The summed E-state index contributed by atoms with van der Waals surface area (Å²) in [6.45, 7) is -0.227. The Morgan fingerprint density at radius 3 is 2.57 bits per heavy atom. The Kier molecular flexibility index (Phi) is 6.03. The van der Waals surface area contributed by atoms with Gasteiger partial charge in [-0.25, -0.2) is 14.5 Å². The van der Waals surface area contributed by atoms with Crippen LogP contribution in [0.15, 0.2) is 83.8 Å². The van der Waals surface area contributed by atoms with Gasteiger partial charge in [0.05, 0.1) is 23.7 Å². The van der Waals surface area contributed by atoms with Crippen LogP contribution in [0, 0.1) is 0 Å². The van der Waals surface area contributed by atoms with Crippen molar-refractivity contribution in [3.8, 4) is 22.7 Å². The lowest BCUT2D eigenvalue weighted by Gasteiger charge is -2.06. The number of aromatic nitrogens is 4. The number of aromatic amines is 1. The number of ether oxygens (including phenoxy) is 2. The molecule has 0 unspecified atom stereocenters. The van der Waals surface area contributed by atoms with E-state index in [0.29, 0.717) is 27.4 Å². The molecule has 0 spiro atoms. The van der Waals surface area contributed by atoms with E-state index in [4.69, 9.17) is 21.1 Å². The molecule has 0 amide bonds. The molecule has 0 radical (unpaired) electrons. The number of H-pyrrole nitrogens is 1. The number of hydrogen-bond donors (Lipinski definition) is 1. The van der Waals surface area contributed by atoms with Crippen LogP contribution >= 0.6 is 11.6 Å². The summed E-state index contributed by atoms with van der Waals surface area (Å²) in [5, 5.41) is 5.49. The van der Waals surface area contributed by atoms with E-state index in [-0.39, 0.29) is 23.6 Å². The number of nitrogens with one attached hydrogen (secondary N) is 1. The molecular formula is C26H19ClN4O4. The molecule has 5 aromatic rings. The SMILES string of the molecule is COc1ccc(-c2nn(-c3ccccc3)cc2C(=O)OCc2nc3cc(Cl)ccc3c(=O)[nH]2)cc1. The van der Waals surface area contributed by atoms with Gasteiger partial charge in [0, 0.05) is 16.8 Å². The quantitative estimate of drug-likeness (QED) is 0.346. The smallest absolute Gasteiger partial charge is 0.342 e. The van der Waals surface area contributed by atoms with E-state index >= 15 is 0 Å². The second-order valence-corrected chi connectivity index (χ2v) is 8.09. The van der Waals surface area contributed by atoms with E-state index in [1.54, 1.807) is 48.3 Å². The van der Waals surface area contributed by atoms with Gasteiger partial charge in [-0.3, -0.25) is 4.79 Å². The third-order valence-electron chi connectivity index (χ3n) is 5.38. The number of rotatable bonds is 6. The third kappa shape index (κ3) is 4.64. The first-order valence-corrected chi connectivity index (χ1v) is 11.0. The second kappa shape index (κ2) is 9.44. The van der Waals surface area contributed by atoms with Gasteiger partial charge in [0.2, 0.25) is 0 Å². The summed E-state index contributed by atoms with van der Waals surface area (Å²) in [5.74, 6) is 0.290. The van der Waals surface area contributed by atoms with Crippen LogP contribution in [-0.2, 0) is 11.3 Å². The summed E-state index contributed by atoms with van der Waals surface area (Å²) in [5.41, 5.74) is 2.31. The molecule has 0 aliphatic heterocycles. The van der Waals surface area contributed by atoms with Crippen molar-refractivity contribution >= 4 is 28.5 Å². The third-order valence-corrected chi connectivity index (χ3v) is 5.61. The zero-order chi connectivity index (χ0) is 24.4. The minimum atomic E-state index is -0.605. The molecule has 3 aromatic carbocycles. The molecule has 2 heterocycles. The van der Waals surface area contributed by atoms with Crippen molar-refractivity contribution in [2.45, 2.75) is 6.61 Å². The minimum Gasteiger partial charge on any atom is -0.497 e. The number of halogens is 1. The van der Waals surface area contributed by atoms with Gasteiger partial charge in [0.1, 0.15) is 29.4 Å². The van der Waals surface area contributed by atoms with E-state index in [2.05, 4.69) is 15.1 Å². The zero-order valence-corrected chi connectivity index (χ0v) is 19.3. The number of carbonyl (C=O) groups excluding carboxylic acids is 1. The summed E-state index contributed by atoms with van der Waals surface area (Å²) >= 11 is 6.02. The highest BCUT2D eigenvalue weighted by molar-refractivity contribution is 6.31. The van der Waals surface area contributed by atoms with Crippen molar-refractivity contribution in [2.24, 2.45) is 0 Å². The van der Waals surface area contributed by atoms with Crippen molar-refractivity contribution in [3.63, 3.8) is 0 Å². The van der Waals surface area contributed by atoms with Crippen LogP contribution in [0.25, 0.3) is 27.8 Å². The number of para-hydroxylation sites is 1. The average molecular weight is 487 g/mol. The molecule has 35 heavy (non-hydrogen) atoms. The fraction of sp³-hybridized carbons (Fsp3) is 0.0769. The van der Waals surface area contributed by atoms with Gasteiger partial charge >= 0.3 is 5.97 Å². The number of carbonyl (C=O) groups is 1. The largest absolute Gasteiger partial charge is 0.497 e. The predicted molar refractivity (Wildman–Crippen MR) is 132 cm³/mol. The first-order valence-electron chi connectivity index (χ1n) is 10.7. The molecule has 174 valence electrons. The molecule has 2 aromatic heterocycles. The Bertz CT molecular complexity index is 1580. The monoisotopic (exact) mass is 486 g/mol. The van der Waals surface area contributed by atoms with Crippen molar-refractivity contribution in [3.05, 3.63) is 106 Å². The molecule has 5 rings (SSSR count). The fourth-order valence-electron chi connectivity index (χ4n) is 3.64. The van der Waals surface area contributed by atoms with Gasteiger partial charge in [-0.15, -0.1) is 0 Å². The molecular weight excluding hydrogens is 468 g/mol. The molecule has 9 heteroatoms. The Hall–Kier alpha value is -4.43. The van der Waals surface area contributed by atoms with Crippen LogP contribution in [0.2, 0.25) is 5.02 Å². The standard InChI is InChI=1S/C26H19ClN4O4/c1-34-19-10-7-16(8-11-19)24-21(14-31(30-24)18-5-3-2-4-6-18)26(33)35-15-23-28-22-13-17(27)9-12-20(22)25(32)29-23/h2-14H,15H2,1H3,(H,28,29,32). The first kappa shape index (κ1) is 22.4. The van der Waals surface area contributed by atoms with Crippen LogP contribution in [0.3, 0.4) is 0 Å². The molecule has 0 saturated heterocycles. The molecule has 8 nitrogen and oxygen atoms in total. The zero-order valence-electron chi connectivity index (χ0n) is 18.6. The summed E-state index contributed by atoms with van der Waals surface area (Å²) in [6.07, 6.45) is 1.62. The molecule has 0 saturated carbocycles. The van der Waals surface area contributed by atoms with Crippen molar-refractivity contribution in [2.75, 3.05) is 7.11 Å². The summed E-state index contributed by atoms with van der Waals surface area (Å²) in [6, 6.07) is 21.5. The second-order valence-electron chi connectivity index (χ2n) is 7.65. The Morgan fingerprint density at radius 2 is 1.83 bits per heavy atom. The summed E-state index contributed by atoms with van der Waals surface area (Å²) in [4.78, 5) is 32.5. The lowest BCUT2D eigenvalue weighted by atomic mass is 10.1. The molecule has 1 N–H and O–H groups in total. The maximum atomic E-state index is 13.1. The lowest BCUT2D eigenvalue weighted by Crippen LogP contribution is -2.14. The van der Waals surface area contributed by atoms with Crippen LogP contribution in [-0.4, -0.2) is 32.8 Å². The van der Waals surface area contributed by atoms with Crippen molar-refractivity contribution < 1.29 is 14.3 Å². The first-order chi connectivity index (χ1) is 17.0. The number of methoxy groups -OCH3 is 1. The van der Waals surface area contributed by atoms with E-state index in [0.717, 1.165) is 11.3 Å². The molecule has 0 atom stereocenters. The normalized spacial score (nSPS) is 10.9. The summed E-state index contributed by atoms with van der Waals surface area (Å²) < 4.78 is 12.4.